The third kappa shape index (κ3) is 4.06. The summed E-state index contributed by atoms with van der Waals surface area (Å²) in [5, 5.41) is 3.00. The van der Waals surface area contributed by atoms with Crippen molar-refractivity contribution in [3.05, 3.63) is 35.0 Å². The molecular weight excluding hydrogens is 383 g/mol. The summed E-state index contributed by atoms with van der Waals surface area (Å²) in [4.78, 5) is 22.4. The number of aryl methyl sites for hydroxylation is 1. The van der Waals surface area contributed by atoms with Crippen molar-refractivity contribution in [1.82, 2.24) is 24.8 Å². The molecule has 1 aliphatic rings. The fraction of sp³-hybridized carbons (Fsp3) is 0.368. The van der Waals surface area contributed by atoms with E-state index in [-0.39, 0.29) is 17.9 Å². The van der Waals surface area contributed by atoms with Gasteiger partial charge in [-0.05, 0) is 39.3 Å². The molecular formula is C19H22ClFN6O. The van der Waals surface area contributed by atoms with Crippen LogP contribution in [0.15, 0.2) is 18.3 Å². The van der Waals surface area contributed by atoms with Crippen LogP contribution in [0.5, 0.6) is 0 Å². The predicted octanol–water partition coefficient (Wildman–Crippen LogP) is 3.65. The van der Waals surface area contributed by atoms with Gasteiger partial charge in [0.1, 0.15) is 11.3 Å². The number of nitrogen functional groups attached to an aromatic ring is 1. The summed E-state index contributed by atoms with van der Waals surface area (Å²) in [5.41, 5.74) is 7.60. The lowest BCUT2D eigenvalue weighted by molar-refractivity contribution is -0.119. The van der Waals surface area contributed by atoms with Crippen molar-refractivity contribution in [3.63, 3.8) is 0 Å². The maximum atomic E-state index is 14.4. The number of hydrogen-bond donors (Lipinski definition) is 2. The second-order valence-electron chi connectivity index (χ2n) is 6.83. The molecule has 9 heteroatoms. The van der Waals surface area contributed by atoms with Crippen molar-refractivity contribution in [2.24, 2.45) is 0 Å². The number of carbonyl (C=O) groups is 1. The molecule has 0 bridgehead atoms. The van der Waals surface area contributed by atoms with Gasteiger partial charge in [-0.25, -0.2) is 19.3 Å². The van der Waals surface area contributed by atoms with E-state index < -0.39 is 5.82 Å². The molecule has 148 valence electrons. The minimum absolute atomic E-state index is 0.0912. The number of rotatable bonds is 2. The molecule has 1 saturated heterocycles. The highest BCUT2D eigenvalue weighted by atomic mass is 35.5. The molecule has 0 saturated carbocycles. The van der Waals surface area contributed by atoms with Gasteiger partial charge >= 0.3 is 0 Å². The van der Waals surface area contributed by atoms with Crippen molar-refractivity contribution >= 4 is 34.5 Å². The quantitative estimate of drug-likeness (QED) is 0.679. The van der Waals surface area contributed by atoms with Gasteiger partial charge in [-0.15, -0.1) is 0 Å². The number of nitrogens with two attached hydrogens (primary N) is 1. The molecule has 1 amide bonds. The number of anilines is 1. The fourth-order valence-electron chi connectivity index (χ4n) is 3.21. The smallest absolute Gasteiger partial charge is 0.220 e. The number of carbonyl (C=O) groups excluding carboxylic acids is 1. The minimum atomic E-state index is -0.414. The number of nitrogens with one attached hydrogen (secondary N) is 1. The maximum Gasteiger partial charge on any atom is 0.220 e. The maximum absolute atomic E-state index is 14.4. The van der Waals surface area contributed by atoms with E-state index in [0.717, 1.165) is 25.2 Å². The summed E-state index contributed by atoms with van der Waals surface area (Å²) in [6.45, 7) is 6.79. The fourth-order valence-corrected chi connectivity index (χ4v) is 3.41. The minimum Gasteiger partial charge on any atom is -0.368 e. The van der Waals surface area contributed by atoms with Crippen LogP contribution < -0.4 is 11.1 Å². The second-order valence-corrected chi connectivity index (χ2v) is 7.23. The Hall–Kier alpha value is -2.74. The number of fused-ring (bicyclic) bond motifs is 1. The first-order valence-corrected chi connectivity index (χ1v) is 9.39. The second kappa shape index (κ2) is 8.10. The van der Waals surface area contributed by atoms with Crippen LogP contribution in [0.1, 0.15) is 38.6 Å². The number of halogens is 2. The van der Waals surface area contributed by atoms with Gasteiger partial charge < -0.3 is 15.6 Å². The average molecular weight is 405 g/mol. The Morgan fingerprint density at radius 3 is 2.64 bits per heavy atom. The number of aromatic nitrogens is 4. The molecule has 0 spiro atoms. The number of hydrogen-bond acceptors (Lipinski definition) is 5. The lowest BCUT2D eigenvalue weighted by Gasteiger charge is -2.12. The van der Waals surface area contributed by atoms with Gasteiger partial charge in [-0.3, -0.25) is 4.79 Å². The molecule has 3 heterocycles. The first kappa shape index (κ1) is 20.0. The molecule has 0 unspecified atom stereocenters. The van der Waals surface area contributed by atoms with Crippen LogP contribution in [0.3, 0.4) is 0 Å². The van der Waals surface area contributed by atoms with Gasteiger partial charge in [-0.2, -0.15) is 0 Å². The van der Waals surface area contributed by atoms with Crippen molar-refractivity contribution in [2.75, 3.05) is 12.3 Å². The predicted molar refractivity (Wildman–Crippen MR) is 108 cm³/mol. The van der Waals surface area contributed by atoms with Crippen molar-refractivity contribution in [3.8, 4) is 11.3 Å². The number of benzene rings is 1. The lowest BCUT2D eigenvalue weighted by atomic mass is 10.1. The van der Waals surface area contributed by atoms with E-state index in [2.05, 4.69) is 20.3 Å². The zero-order valence-corrected chi connectivity index (χ0v) is 16.7. The number of amides is 1. The zero-order chi connectivity index (χ0) is 20.4. The Morgan fingerprint density at radius 2 is 2.07 bits per heavy atom. The molecule has 3 N–H and O–H groups in total. The summed E-state index contributed by atoms with van der Waals surface area (Å²) >= 11 is 6.12. The summed E-state index contributed by atoms with van der Waals surface area (Å²) in [5.74, 6) is 0.640. The lowest BCUT2D eigenvalue weighted by Crippen LogP contribution is -2.12. The highest BCUT2D eigenvalue weighted by Crippen LogP contribution is 2.31. The monoisotopic (exact) mass is 404 g/mol. The summed E-state index contributed by atoms with van der Waals surface area (Å²) in [6.07, 6.45) is 3.17. The van der Waals surface area contributed by atoms with E-state index >= 15 is 0 Å². The molecule has 1 fully saturated rings. The van der Waals surface area contributed by atoms with Crippen LogP contribution in [0.2, 0.25) is 5.02 Å². The largest absolute Gasteiger partial charge is 0.368 e. The zero-order valence-electron chi connectivity index (χ0n) is 16.0. The van der Waals surface area contributed by atoms with E-state index in [0.29, 0.717) is 27.3 Å². The Labute approximate surface area is 167 Å². The molecule has 3 aromatic rings. The van der Waals surface area contributed by atoms with E-state index in [4.69, 9.17) is 17.3 Å². The topological polar surface area (TPSA) is 98.7 Å². The molecule has 4 rings (SSSR count). The number of imidazole rings is 1. The van der Waals surface area contributed by atoms with E-state index in [9.17, 15) is 9.18 Å². The molecule has 1 aliphatic heterocycles. The molecule has 0 atom stereocenters. The molecule has 7 nitrogen and oxygen atoms in total. The van der Waals surface area contributed by atoms with Gasteiger partial charge in [0.2, 0.25) is 11.9 Å². The normalized spacial score (nSPS) is 13.6. The van der Waals surface area contributed by atoms with Gasteiger partial charge in [0.25, 0.3) is 0 Å². The summed E-state index contributed by atoms with van der Waals surface area (Å²) in [6, 6.07) is 3.35. The van der Waals surface area contributed by atoms with Crippen molar-refractivity contribution in [1.29, 1.82) is 0 Å². The Balaban J connectivity index is 0.000000320. The van der Waals surface area contributed by atoms with Crippen LogP contribution in [0.4, 0.5) is 10.3 Å². The Morgan fingerprint density at radius 1 is 1.32 bits per heavy atom. The molecule has 0 radical (unpaired) electrons. The first-order chi connectivity index (χ1) is 13.3. The van der Waals surface area contributed by atoms with E-state index in [1.54, 1.807) is 0 Å². The van der Waals surface area contributed by atoms with Crippen LogP contribution in [0, 0.1) is 12.7 Å². The first-order valence-electron chi connectivity index (χ1n) is 9.01. The molecule has 2 aromatic heterocycles. The summed E-state index contributed by atoms with van der Waals surface area (Å²) in [7, 11) is 0. The van der Waals surface area contributed by atoms with Gasteiger partial charge in [0, 0.05) is 24.6 Å². The van der Waals surface area contributed by atoms with Crippen LogP contribution >= 0.6 is 11.6 Å². The van der Waals surface area contributed by atoms with E-state index in [1.165, 1.54) is 12.3 Å². The van der Waals surface area contributed by atoms with E-state index in [1.807, 2.05) is 31.4 Å². The molecule has 1 aromatic carbocycles. The Bertz CT molecular complexity index is 1020. The van der Waals surface area contributed by atoms with Gasteiger partial charge in [0.05, 0.1) is 22.4 Å². The van der Waals surface area contributed by atoms with Crippen molar-refractivity contribution in [2.45, 2.75) is 39.7 Å². The molecule has 28 heavy (non-hydrogen) atoms. The highest BCUT2D eigenvalue weighted by Gasteiger charge is 2.17. The third-order valence-electron chi connectivity index (χ3n) is 4.38. The van der Waals surface area contributed by atoms with Gasteiger partial charge in [0.15, 0.2) is 5.82 Å². The van der Waals surface area contributed by atoms with Crippen LogP contribution in [0.25, 0.3) is 22.3 Å². The van der Waals surface area contributed by atoms with Crippen molar-refractivity contribution < 1.29 is 9.18 Å². The number of nitrogens with zero attached hydrogens (tertiary/aromatic N) is 4. The SMILES string of the molecule is Cc1nc2c(F)cc(-c3nc(N)ncc3Cl)cc2n1C(C)C.O=C1CCCN1. The highest BCUT2D eigenvalue weighted by molar-refractivity contribution is 6.33. The van der Waals surface area contributed by atoms with Gasteiger partial charge in [-0.1, -0.05) is 11.6 Å². The summed E-state index contributed by atoms with van der Waals surface area (Å²) < 4.78 is 16.4. The van der Waals surface area contributed by atoms with Crippen LogP contribution in [-0.2, 0) is 4.79 Å². The average Bonchev–Trinajstić information content (AvgIpc) is 3.23. The van der Waals surface area contributed by atoms with Crippen LogP contribution in [-0.4, -0.2) is 32.0 Å². The standard InChI is InChI=1S/C15H15ClFN5.C4H7NO/c1-7(2)22-8(3)20-14-11(17)4-9(5-12(14)22)13-10(16)6-19-15(18)21-13;6-4-2-1-3-5-4/h4-7H,1-3H3,(H2,18,19,21);1-3H2,(H,5,6). The third-order valence-corrected chi connectivity index (χ3v) is 4.66. The molecule has 0 aliphatic carbocycles. The Kier molecular flexibility index (Phi) is 5.79.